The van der Waals surface area contributed by atoms with E-state index in [2.05, 4.69) is 35.4 Å². The Labute approximate surface area is 293 Å². The Hall–Kier alpha value is -4.85. The van der Waals surface area contributed by atoms with Crippen LogP contribution in [0.1, 0.15) is 57.1 Å². The second-order valence-corrected chi connectivity index (χ2v) is 14.4. The number of nitriles is 2. The van der Waals surface area contributed by atoms with Gasteiger partial charge in [0.2, 0.25) is 5.91 Å². The number of hydrogen-bond donors (Lipinski definition) is 1. The van der Waals surface area contributed by atoms with Gasteiger partial charge in [0, 0.05) is 42.4 Å². The SMILES string of the molecule is C=CC(=O)N1CC[C@@H](N(CC)c2nc(OC[C@@]34CCCN3C[C@H](F)C4)nc3cc(-c4ccc(F)c5sc(N)c(C#N)c45)c(C#N)cc23)[C@H]1CC. The van der Waals surface area contributed by atoms with E-state index in [9.17, 15) is 24.1 Å². The number of nitrogen functional groups attached to an aromatic ring is 1. The molecule has 3 fully saturated rings. The lowest BCUT2D eigenvalue weighted by Gasteiger charge is -2.36. The summed E-state index contributed by atoms with van der Waals surface area (Å²) in [6, 6.07) is 10.7. The Bertz CT molecular complexity index is 2110. The number of alkyl halides is 1. The number of anilines is 2. The van der Waals surface area contributed by atoms with E-state index in [0.29, 0.717) is 65.7 Å². The minimum absolute atomic E-state index is 0.0835. The zero-order valence-electron chi connectivity index (χ0n) is 28.1. The molecule has 0 saturated carbocycles. The number of fused-ring (bicyclic) bond motifs is 3. The third-order valence-corrected chi connectivity index (χ3v) is 11.8. The summed E-state index contributed by atoms with van der Waals surface area (Å²) in [7, 11) is 0. The van der Waals surface area contributed by atoms with Gasteiger partial charge in [0.15, 0.2) is 0 Å². The molecule has 4 atom stereocenters. The van der Waals surface area contributed by atoms with E-state index in [-0.39, 0.29) is 51.4 Å². The number of nitrogens with two attached hydrogens (primary N) is 1. The minimum Gasteiger partial charge on any atom is -0.461 e. The van der Waals surface area contributed by atoms with Crippen molar-refractivity contribution in [3.05, 3.63) is 53.9 Å². The summed E-state index contributed by atoms with van der Waals surface area (Å²) in [6.45, 7) is 10.3. The number of halogens is 2. The highest BCUT2D eigenvalue weighted by Gasteiger charge is 2.49. The van der Waals surface area contributed by atoms with Crippen molar-refractivity contribution in [1.29, 1.82) is 10.5 Å². The predicted octanol–water partition coefficient (Wildman–Crippen LogP) is 6.32. The molecule has 2 aromatic heterocycles. The molecule has 0 bridgehead atoms. The minimum atomic E-state index is -0.916. The zero-order valence-corrected chi connectivity index (χ0v) is 28.9. The maximum absolute atomic E-state index is 15.0. The van der Waals surface area contributed by atoms with Crippen molar-refractivity contribution in [2.45, 2.75) is 69.7 Å². The van der Waals surface area contributed by atoms with Gasteiger partial charge in [0.1, 0.15) is 35.5 Å². The number of hydrogen-bond acceptors (Lipinski definition) is 10. The molecule has 3 aliphatic rings. The molecule has 3 aliphatic heterocycles. The Kier molecular flexibility index (Phi) is 8.83. The lowest BCUT2D eigenvalue weighted by atomic mass is 9.94. The smallest absolute Gasteiger partial charge is 0.319 e. The van der Waals surface area contributed by atoms with Crippen LogP contribution in [0.5, 0.6) is 6.01 Å². The molecule has 1 amide bonds. The summed E-state index contributed by atoms with van der Waals surface area (Å²) in [5, 5.41) is 21.6. The Morgan fingerprint density at radius 3 is 2.78 bits per heavy atom. The van der Waals surface area contributed by atoms with Gasteiger partial charge in [-0.05, 0) is 69.0 Å². The number of carbonyl (C=O) groups is 1. The Balaban J connectivity index is 1.40. The summed E-state index contributed by atoms with van der Waals surface area (Å²) < 4.78 is 36.3. The highest BCUT2D eigenvalue weighted by atomic mass is 32.1. The molecule has 13 heteroatoms. The molecule has 50 heavy (non-hydrogen) atoms. The van der Waals surface area contributed by atoms with Crippen LogP contribution in [0.4, 0.5) is 19.6 Å². The lowest BCUT2D eigenvalue weighted by molar-refractivity contribution is -0.126. The first-order valence-electron chi connectivity index (χ1n) is 17.0. The second-order valence-electron chi connectivity index (χ2n) is 13.3. The van der Waals surface area contributed by atoms with E-state index in [0.717, 1.165) is 37.1 Å². The van der Waals surface area contributed by atoms with Crippen molar-refractivity contribution < 1.29 is 18.3 Å². The number of likely N-dealkylation sites (tertiary alicyclic amines) is 1. The third-order valence-electron chi connectivity index (χ3n) is 10.8. The molecule has 0 spiro atoms. The predicted molar refractivity (Wildman–Crippen MR) is 190 cm³/mol. The molecular formula is C37H38F2N8O2S. The van der Waals surface area contributed by atoms with E-state index in [1.807, 2.05) is 11.8 Å². The van der Waals surface area contributed by atoms with Gasteiger partial charge >= 0.3 is 6.01 Å². The number of aromatic nitrogens is 2. The summed E-state index contributed by atoms with van der Waals surface area (Å²) >= 11 is 0.994. The fourth-order valence-electron chi connectivity index (χ4n) is 8.54. The fraction of sp³-hybridized carbons (Fsp3) is 0.432. The van der Waals surface area contributed by atoms with Crippen LogP contribution in [-0.2, 0) is 4.79 Å². The third kappa shape index (κ3) is 5.40. The van der Waals surface area contributed by atoms with Crippen molar-refractivity contribution >= 4 is 49.1 Å². The van der Waals surface area contributed by atoms with E-state index >= 15 is 0 Å². The Morgan fingerprint density at radius 2 is 2.06 bits per heavy atom. The first-order chi connectivity index (χ1) is 24.2. The quantitative estimate of drug-likeness (QED) is 0.199. The second kappa shape index (κ2) is 13.1. The van der Waals surface area contributed by atoms with Crippen molar-refractivity contribution in [3.8, 4) is 29.3 Å². The number of amides is 1. The normalized spacial score (nSPS) is 23.2. The largest absolute Gasteiger partial charge is 0.461 e. The van der Waals surface area contributed by atoms with Crippen LogP contribution in [0, 0.1) is 28.5 Å². The standard InChI is InChI=1S/C37H38F2N8O2S/c1-4-29-30(10-13-47(29)31(48)5-2)46(6-3)35-25-14-21(17-40)24(23-8-9-27(39)33-32(23)26(18-41)34(42)50-33)15-28(25)43-36(44-35)49-20-37-11-7-12-45(37)19-22(38)16-37/h5,8-9,14-15,22,29-30H,2,4,6-7,10-13,16,19-20,42H2,1,3H3/t22-,29-,30-,37+/m1/s1. The van der Waals surface area contributed by atoms with Crippen LogP contribution in [0.2, 0.25) is 0 Å². The first kappa shape index (κ1) is 33.6. The van der Waals surface area contributed by atoms with Gasteiger partial charge in [-0.3, -0.25) is 9.69 Å². The van der Waals surface area contributed by atoms with Crippen LogP contribution in [0.25, 0.3) is 32.1 Å². The average Bonchev–Trinajstić information content (AvgIpc) is 3.87. The maximum Gasteiger partial charge on any atom is 0.319 e. The molecule has 7 rings (SSSR count). The number of benzene rings is 2. The molecule has 0 unspecified atom stereocenters. The molecular weight excluding hydrogens is 659 g/mol. The van der Waals surface area contributed by atoms with Gasteiger partial charge < -0.3 is 20.3 Å². The summed E-state index contributed by atoms with van der Waals surface area (Å²) in [6.07, 6.45) is 4.03. The molecule has 0 radical (unpaired) electrons. The van der Waals surface area contributed by atoms with Gasteiger partial charge in [-0.25, -0.2) is 8.78 Å². The van der Waals surface area contributed by atoms with Crippen molar-refractivity contribution in [2.75, 3.05) is 43.4 Å². The van der Waals surface area contributed by atoms with E-state index in [4.69, 9.17) is 20.4 Å². The molecule has 4 aromatic rings. The first-order valence-corrected chi connectivity index (χ1v) is 17.9. The lowest BCUT2D eigenvalue weighted by Crippen LogP contribution is -2.47. The number of rotatable bonds is 9. The average molecular weight is 697 g/mol. The van der Waals surface area contributed by atoms with Crippen LogP contribution < -0.4 is 15.4 Å². The highest BCUT2D eigenvalue weighted by molar-refractivity contribution is 7.23. The summed E-state index contributed by atoms with van der Waals surface area (Å²) in [4.78, 5) is 28.8. The number of carbonyl (C=O) groups excluding carboxylic acids is 1. The number of nitrogens with zero attached hydrogens (tertiary/aromatic N) is 7. The van der Waals surface area contributed by atoms with Gasteiger partial charge in [0.25, 0.3) is 0 Å². The van der Waals surface area contributed by atoms with Gasteiger partial charge in [-0.2, -0.15) is 20.5 Å². The summed E-state index contributed by atoms with van der Waals surface area (Å²) in [5.74, 6) is -0.0685. The number of likely N-dealkylation sites (N-methyl/N-ethyl adjacent to an activating group) is 1. The molecule has 0 aliphatic carbocycles. The van der Waals surface area contributed by atoms with Crippen molar-refractivity contribution in [1.82, 2.24) is 19.8 Å². The zero-order chi connectivity index (χ0) is 35.3. The van der Waals surface area contributed by atoms with Crippen LogP contribution >= 0.6 is 11.3 Å². The van der Waals surface area contributed by atoms with E-state index in [1.54, 1.807) is 18.2 Å². The van der Waals surface area contributed by atoms with Gasteiger partial charge in [-0.1, -0.05) is 19.6 Å². The maximum atomic E-state index is 15.0. The molecule has 2 N–H and O–H groups in total. The Morgan fingerprint density at radius 1 is 1.24 bits per heavy atom. The van der Waals surface area contributed by atoms with Crippen molar-refractivity contribution in [2.24, 2.45) is 0 Å². The van der Waals surface area contributed by atoms with Crippen LogP contribution in [0.15, 0.2) is 36.9 Å². The molecule has 3 saturated heterocycles. The van der Waals surface area contributed by atoms with Gasteiger partial charge in [0.05, 0.1) is 45.0 Å². The number of ether oxygens (including phenoxy) is 1. The molecule has 258 valence electrons. The molecule has 5 heterocycles. The molecule has 10 nitrogen and oxygen atoms in total. The topological polar surface area (TPSA) is 135 Å². The molecule has 2 aromatic carbocycles. The highest BCUT2D eigenvalue weighted by Crippen LogP contribution is 2.44. The van der Waals surface area contributed by atoms with Crippen LogP contribution in [-0.4, -0.2) is 82.3 Å². The van der Waals surface area contributed by atoms with Crippen molar-refractivity contribution in [3.63, 3.8) is 0 Å². The fourth-order valence-corrected chi connectivity index (χ4v) is 9.48. The number of thiophene rings is 1. The van der Waals surface area contributed by atoms with E-state index < -0.39 is 17.5 Å². The monoisotopic (exact) mass is 696 g/mol. The van der Waals surface area contributed by atoms with Gasteiger partial charge in [-0.15, -0.1) is 11.3 Å². The van der Waals surface area contributed by atoms with E-state index in [1.165, 1.54) is 12.1 Å². The van der Waals surface area contributed by atoms with Crippen LogP contribution in [0.3, 0.4) is 0 Å². The summed E-state index contributed by atoms with van der Waals surface area (Å²) in [5.41, 5.74) is 7.60.